The number of likely N-dealkylation sites (tertiary alicyclic amines) is 1. The van der Waals surface area contributed by atoms with Crippen LogP contribution in [-0.2, 0) is 9.53 Å². The molecule has 2 N–H and O–H groups in total. The Balaban J connectivity index is 1.93. The van der Waals surface area contributed by atoms with Gasteiger partial charge in [0, 0.05) is 19.6 Å². The maximum atomic E-state index is 12.3. The highest BCUT2D eigenvalue weighted by Gasteiger charge is 2.32. The standard InChI is InChI=1S/C12H20N2O5/c15-8-10-7-14(4-5-19-10)12(18)13-3-1-2-9(6-13)11(16)17/h9-10,15H,1-8H2,(H,16,17). The van der Waals surface area contributed by atoms with Crippen LogP contribution in [0, 0.1) is 5.92 Å². The molecule has 108 valence electrons. The molecule has 19 heavy (non-hydrogen) atoms. The molecule has 2 saturated heterocycles. The molecule has 0 aromatic carbocycles. The van der Waals surface area contributed by atoms with Gasteiger partial charge < -0.3 is 24.7 Å². The molecule has 0 radical (unpaired) electrons. The Kier molecular flexibility index (Phi) is 4.60. The van der Waals surface area contributed by atoms with Crippen LogP contribution in [0.15, 0.2) is 0 Å². The lowest BCUT2D eigenvalue weighted by Crippen LogP contribution is -2.54. The molecule has 0 aromatic heterocycles. The summed E-state index contributed by atoms with van der Waals surface area (Å²) in [6.45, 7) is 2.03. The van der Waals surface area contributed by atoms with Gasteiger partial charge in [-0.3, -0.25) is 4.79 Å². The number of aliphatic hydroxyl groups is 1. The number of aliphatic carboxylic acids is 1. The molecule has 0 spiro atoms. The smallest absolute Gasteiger partial charge is 0.320 e. The van der Waals surface area contributed by atoms with Crippen LogP contribution in [-0.4, -0.2) is 77.5 Å². The van der Waals surface area contributed by atoms with Crippen LogP contribution in [0.1, 0.15) is 12.8 Å². The first kappa shape index (κ1) is 14.1. The Morgan fingerprint density at radius 1 is 1.21 bits per heavy atom. The van der Waals surface area contributed by atoms with Crippen molar-refractivity contribution in [3.8, 4) is 0 Å². The van der Waals surface area contributed by atoms with Crippen molar-refractivity contribution >= 4 is 12.0 Å². The maximum absolute atomic E-state index is 12.3. The van der Waals surface area contributed by atoms with Gasteiger partial charge in [0.1, 0.15) is 0 Å². The fourth-order valence-electron chi connectivity index (χ4n) is 2.56. The number of hydrogen-bond donors (Lipinski definition) is 2. The number of amides is 2. The van der Waals surface area contributed by atoms with Crippen LogP contribution < -0.4 is 0 Å². The topological polar surface area (TPSA) is 90.3 Å². The number of ether oxygens (including phenoxy) is 1. The summed E-state index contributed by atoms with van der Waals surface area (Å²) in [4.78, 5) is 26.5. The quantitative estimate of drug-likeness (QED) is 0.713. The second-order valence-electron chi connectivity index (χ2n) is 5.03. The molecule has 2 heterocycles. The van der Waals surface area contributed by atoms with E-state index in [1.807, 2.05) is 0 Å². The van der Waals surface area contributed by atoms with Crippen molar-refractivity contribution in [3.63, 3.8) is 0 Å². The number of rotatable bonds is 2. The summed E-state index contributed by atoms with van der Waals surface area (Å²) >= 11 is 0. The van der Waals surface area contributed by atoms with E-state index in [9.17, 15) is 9.59 Å². The zero-order valence-electron chi connectivity index (χ0n) is 10.8. The molecule has 0 aliphatic carbocycles. The van der Waals surface area contributed by atoms with Gasteiger partial charge in [0.05, 0.1) is 31.8 Å². The highest BCUT2D eigenvalue weighted by Crippen LogP contribution is 2.19. The number of aliphatic hydroxyl groups excluding tert-OH is 1. The molecular formula is C12H20N2O5. The summed E-state index contributed by atoms with van der Waals surface area (Å²) in [5.41, 5.74) is 0. The van der Waals surface area contributed by atoms with E-state index in [1.54, 1.807) is 9.80 Å². The summed E-state index contributed by atoms with van der Waals surface area (Å²) in [5.74, 6) is -1.31. The van der Waals surface area contributed by atoms with Gasteiger partial charge in [0.25, 0.3) is 0 Å². The fourth-order valence-corrected chi connectivity index (χ4v) is 2.56. The Morgan fingerprint density at radius 3 is 2.63 bits per heavy atom. The van der Waals surface area contributed by atoms with Crippen molar-refractivity contribution in [1.29, 1.82) is 0 Å². The van der Waals surface area contributed by atoms with Crippen LogP contribution in [0.2, 0.25) is 0 Å². The van der Waals surface area contributed by atoms with Gasteiger partial charge >= 0.3 is 12.0 Å². The Bertz CT molecular complexity index is 349. The van der Waals surface area contributed by atoms with E-state index >= 15 is 0 Å². The number of urea groups is 1. The average Bonchev–Trinajstić information content (AvgIpc) is 2.46. The zero-order valence-corrected chi connectivity index (χ0v) is 10.8. The number of hydrogen-bond acceptors (Lipinski definition) is 4. The molecule has 0 aromatic rings. The third kappa shape index (κ3) is 3.36. The van der Waals surface area contributed by atoms with Gasteiger partial charge in [0.2, 0.25) is 0 Å². The van der Waals surface area contributed by atoms with Gasteiger partial charge in [-0.2, -0.15) is 0 Å². The second-order valence-corrected chi connectivity index (χ2v) is 5.03. The van der Waals surface area contributed by atoms with Crippen LogP contribution in [0.5, 0.6) is 0 Å². The van der Waals surface area contributed by atoms with Crippen molar-refractivity contribution in [2.24, 2.45) is 5.92 Å². The molecule has 2 aliphatic heterocycles. The molecule has 0 saturated carbocycles. The number of nitrogens with zero attached hydrogens (tertiary/aromatic N) is 2. The molecule has 2 rings (SSSR count). The van der Waals surface area contributed by atoms with E-state index in [-0.39, 0.29) is 25.3 Å². The molecule has 0 bridgehead atoms. The van der Waals surface area contributed by atoms with E-state index in [0.717, 1.165) is 6.42 Å². The molecule has 2 aliphatic rings. The fraction of sp³-hybridized carbons (Fsp3) is 0.833. The lowest BCUT2D eigenvalue weighted by atomic mass is 9.98. The summed E-state index contributed by atoms with van der Waals surface area (Å²) in [6, 6.07) is -0.146. The van der Waals surface area contributed by atoms with Gasteiger partial charge in [-0.15, -0.1) is 0 Å². The lowest BCUT2D eigenvalue weighted by Gasteiger charge is -2.38. The number of morpholine rings is 1. The minimum absolute atomic E-state index is 0.110. The Labute approximate surface area is 111 Å². The lowest BCUT2D eigenvalue weighted by molar-refractivity contribution is -0.143. The minimum Gasteiger partial charge on any atom is -0.481 e. The van der Waals surface area contributed by atoms with E-state index in [0.29, 0.717) is 32.7 Å². The Hall–Kier alpha value is -1.34. The monoisotopic (exact) mass is 272 g/mol. The molecular weight excluding hydrogens is 252 g/mol. The van der Waals surface area contributed by atoms with Crippen molar-refractivity contribution < 1.29 is 24.5 Å². The van der Waals surface area contributed by atoms with E-state index < -0.39 is 11.9 Å². The first-order valence-corrected chi connectivity index (χ1v) is 6.61. The number of carbonyl (C=O) groups excluding carboxylic acids is 1. The first-order chi connectivity index (χ1) is 9.11. The third-order valence-corrected chi connectivity index (χ3v) is 3.65. The van der Waals surface area contributed by atoms with Crippen LogP contribution in [0.25, 0.3) is 0 Å². The third-order valence-electron chi connectivity index (χ3n) is 3.65. The molecule has 2 fully saturated rings. The number of carboxylic acids is 1. The summed E-state index contributed by atoms with van der Waals surface area (Å²) < 4.78 is 5.30. The van der Waals surface area contributed by atoms with Crippen LogP contribution in [0.3, 0.4) is 0 Å². The molecule has 7 nitrogen and oxygen atoms in total. The normalized spacial score (nSPS) is 28.3. The number of carboxylic acid groups (broad SMARTS) is 1. The van der Waals surface area contributed by atoms with Crippen molar-refractivity contribution in [1.82, 2.24) is 9.80 Å². The molecule has 2 amide bonds. The zero-order chi connectivity index (χ0) is 13.8. The number of carbonyl (C=O) groups is 2. The number of piperidine rings is 1. The van der Waals surface area contributed by atoms with E-state index in [2.05, 4.69) is 0 Å². The van der Waals surface area contributed by atoms with Crippen molar-refractivity contribution in [3.05, 3.63) is 0 Å². The molecule has 2 atom stereocenters. The van der Waals surface area contributed by atoms with Gasteiger partial charge in [0.15, 0.2) is 0 Å². The average molecular weight is 272 g/mol. The Morgan fingerprint density at radius 2 is 1.95 bits per heavy atom. The highest BCUT2D eigenvalue weighted by atomic mass is 16.5. The second kappa shape index (κ2) is 6.21. The van der Waals surface area contributed by atoms with Crippen LogP contribution in [0.4, 0.5) is 4.79 Å². The van der Waals surface area contributed by atoms with Gasteiger partial charge in [-0.05, 0) is 12.8 Å². The largest absolute Gasteiger partial charge is 0.481 e. The highest BCUT2D eigenvalue weighted by molar-refractivity contribution is 5.76. The van der Waals surface area contributed by atoms with Gasteiger partial charge in [-0.25, -0.2) is 4.79 Å². The SMILES string of the molecule is O=C(O)C1CCCN(C(=O)N2CCOC(CO)C2)C1. The predicted molar refractivity (Wildman–Crippen MR) is 65.7 cm³/mol. The summed E-state index contributed by atoms with van der Waals surface area (Å²) in [7, 11) is 0. The van der Waals surface area contributed by atoms with Crippen molar-refractivity contribution in [2.45, 2.75) is 18.9 Å². The maximum Gasteiger partial charge on any atom is 0.320 e. The molecule has 2 unspecified atom stereocenters. The van der Waals surface area contributed by atoms with Gasteiger partial charge in [-0.1, -0.05) is 0 Å². The van der Waals surface area contributed by atoms with E-state index in [1.165, 1.54) is 0 Å². The minimum atomic E-state index is -0.840. The van der Waals surface area contributed by atoms with E-state index in [4.69, 9.17) is 14.9 Å². The predicted octanol–water partition coefficient (Wildman–Crippen LogP) is -0.404. The van der Waals surface area contributed by atoms with Crippen molar-refractivity contribution in [2.75, 3.05) is 39.4 Å². The van der Waals surface area contributed by atoms with Crippen LogP contribution >= 0.6 is 0 Å². The molecule has 7 heteroatoms. The summed E-state index contributed by atoms with van der Waals surface area (Å²) in [6.07, 6.45) is 1.01. The first-order valence-electron chi connectivity index (χ1n) is 6.61. The summed E-state index contributed by atoms with van der Waals surface area (Å²) in [5, 5.41) is 18.1.